The van der Waals surface area contributed by atoms with Gasteiger partial charge in [-0.3, -0.25) is 0 Å². The highest BCUT2D eigenvalue weighted by Crippen LogP contribution is 2.35. The lowest BCUT2D eigenvalue weighted by Crippen LogP contribution is -2.17. The van der Waals surface area contributed by atoms with Gasteiger partial charge in [0.15, 0.2) is 0 Å². The quantitative estimate of drug-likeness (QED) is 0.255. The molecule has 0 saturated carbocycles. The van der Waals surface area contributed by atoms with Crippen molar-refractivity contribution < 1.29 is 35.8 Å². The molecular formula is C24H19F6N5O2. The third-order valence-electron chi connectivity index (χ3n) is 4.95. The van der Waals surface area contributed by atoms with E-state index in [4.69, 9.17) is 4.74 Å². The van der Waals surface area contributed by atoms with E-state index < -0.39 is 23.9 Å². The van der Waals surface area contributed by atoms with Crippen LogP contribution in [0.4, 0.5) is 49.4 Å². The van der Waals surface area contributed by atoms with Crippen molar-refractivity contribution in [2.45, 2.75) is 19.5 Å². The molecule has 4 aromatic rings. The monoisotopic (exact) mass is 523 g/mol. The first-order chi connectivity index (χ1) is 17.4. The maximum absolute atomic E-state index is 13.6. The first-order valence-corrected chi connectivity index (χ1v) is 10.6. The lowest BCUT2D eigenvalue weighted by atomic mass is 10.2. The highest BCUT2D eigenvalue weighted by atomic mass is 19.4. The zero-order valence-electron chi connectivity index (χ0n) is 19.3. The zero-order chi connectivity index (χ0) is 26.8. The van der Waals surface area contributed by atoms with E-state index >= 15 is 0 Å². The van der Waals surface area contributed by atoms with Crippen molar-refractivity contribution in [2.75, 3.05) is 17.7 Å². The summed E-state index contributed by atoms with van der Waals surface area (Å²) in [4.78, 5) is 8.34. The number of nitrogens with one attached hydrogen (secondary N) is 2. The average molecular weight is 523 g/mol. The number of hydrogen-bond donors (Lipinski definition) is 2. The Bertz CT molecular complexity index is 1380. The fourth-order valence-corrected chi connectivity index (χ4v) is 3.38. The van der Waals surface area contributed by atoms with Crippen LogP contribution in [0.2, 0.25) is 0 Å². The van der Waals surface area contributed by atoms with Crippen LogP contribution in [0.1, 0.15) is 11.3 Å². The lowest BCUT2D eigenvalue weighted by molar-refractivity contribution is -0.274. The molecule has 0 saturated heterocycles. The van der Waals surface area contributed by atoms with Gasteiger partial charge >= 0.3 is 12.5 Å². The minimum atomic E-state index is -4.86. The van der Waals surface area contributed by atoms with Crippen molar-refractivity contribution in [3.05, 3.63) is 78.4 Å². The Kier molecular flexibility index (Phi) is 6.88. The topological polar surface area (TPSA) is 73.2 Å². The molecule has 4 rings (SSSR count). The molecule has 2 N–H and O–H groups in total. The van der Waals surface area contributed by atoms with Crippen LogP contribution in [0.15, 0.2) is 67.1 Å². The second-order valence-electron chi connectivity index (χ2n) is 7.76. The number of hydrogen-bond acceptors (Lipinski definition) is 6. The maximum atomic E-state index is 13.6. The van der Waals surface area contributed by atoms with Crippen LogP contribution in [0.5, 0.6) is 11.5 Å². The minimum Gasteiger partial charge on any atom is -0.494 e. The third kappa shape index (κ3) is 6.63. The molecule has 0 fully saturated rings. The molecule has 37 heavy (non-hydrogen) atoms. The van der Waals surface area contributed by atoms with Crippen LogP contribution in [0.25, 0.3) is 5.69 Å². The molecule has 0 bridgehead atoms. The molecule has 0 aliphatic heterocycles. The smallest absolute Gasteiger partial charge is 0.494 e. The van der Waals surface area contributed by atoms with Crippen molar-refractivity contribution in [1.29, 1.82) is 0 Å². The fraction of sp³-hybridized carbons (Fsp3) is 0.167. The molecule has 0 unspecified atom stereocenters. The van der Waals surface area contributed by atoms with Crippen LogP contribution in [0.3, 0.4) is 0 Å². The molecule has 7 nitrogen and oxygen atoms in total. The number of pyridine rings is 1. The number of rotatable bonds is 7. The maximum Gasteiger partial charge on any atom is 0.573 e. The van der Waals surface area contributed by atoms with Crippen LogP contribution in [-0.4, -0.2) is 28.0 Å². The standard InChI is InChI=1S/C24H19F6N5O2/c1-14-12-35(13-31-14)19-8-5-17(11-20(19)36-2)33-22-10-15(23(25,26)27)9-21(34-22)32-16-3-6-18(7-4-16)37-24(28,29)30/h3-13H,1-2H3,(H2,32,33,34). The van der Waals surface area contributed by atoms with Gasteiger partial charge in [0, 0.05) is 23.6 Å². The van der Waals surface area contributed by atoms with Gasteiger partial charge in [-0.15, -0.1) is 13.2 Å². The Hall–Kier alpha value is -4.42. The molecular weight excluding hydrogens is 504 g/mol. The van der Waals surface area contributed by atoms with Crippen LogP contribution in [-0.2, 0) is 6.18 Å². The van der Waals surface area contributed by atoms with Crippen LogP contribution >= 0.6 is 0 Å². The van der Waals surface area contributed by atoms with Crippen molar-refractivity contribution in [2.24, 2.45) is 0 Å². The molecule has 0 amide bonds. The summed E-state index contributed by atoms with van der Waals surface area (Å²) in [5.74, 6) is -0.337. The first kappa shape index (κ1) is 25.7. The zero-order valence-corrected chi connectivity index (χ0v) is 19.3. The predicted octanol–water partition coefficient (Wildman–Crippen LogP) is 6.99. The Morgan fingerprint density at radius 1 is 0.838 bits per heavy atom. The predicted molar refractivity (Wildman–Crippen MR) is 124 cm³/mol. The van der Waals surface area contributed by atoms with Gasteiger partial charge in [-0.1, -0.05) is 0 Å². The molecule has 2 aromatic heterocycles. The number of aromatic nitrogens is 3. The molecule has 0 atom stereocenters. The fourth-order valence-electron chi connectivity index (χ4n) is 3.38. The van der Waals surface area contributed by atoms with Crippen molar-refractivity contribution in [1.82, 2.24) is 14.5 Å². The van der Waals surface area contributed by atoms with E-state index in [-0.39, 0.29) is 17.3 Å². The van der Waals surface area contributed by atoms with E-state index in [9.17, 15) is 26.3 Å². The summed E-state index contributed by atoms with van der Waals surface area (Å²) in [6.45, 7) is 1.83. The Morgan fingerprint density at radius 3 is 2.00 bits per heavy atom. The number of aryl methyl sites for hydroxylation is 1. The first-order valence-electron chi connectivity index (χ1n) is 10.6. The molecule has 0 spiro atoms. The normalized spacial score (nSPS) is 11.8. The van der Waals surface area contributed by atoms with Gasteiger partial charge in [-0.2, -0.15) is 13.2 Å². The van der Waals surface area contributed by atoms with Crippen molar-refractivity contribution in [3.63, 3.8) is 0 Å². The number of methoxy groups -OCH3 is 1. The summed E-state index contributed by atoms with van der Waals surface area (Å²) in [5.41, 5.74) is 1.09. The average Bonchev–Trinajstić information content (AvgIpc) is 3.24. The largest absolute Gasteiger partial charge is 0.573 e. The van der Waals surface area contributed by atoms with E-state index in [0.29, 0.717) is 17.1 Å². The number of ether oxygens (including phenoxy) is 2. The minimum absolute atomic E-state index is 0.123. The van der Waals surface area contributed by atoms with Crippen LogP contribution in [0, 0.1) is 6.92 Å². The van der Waals surface area contributed by atoms with Gasteiger partial charge in [0.1, 0.15) is 23.1 Å². The number of imidazole rings is 1. The van der Waals surface area contributed by atoms with Gasteiger partial charge in [-0.25, -0.2) is 9.97 Å². The van der Waals surface area contributed by atoms with Gasteiger partial charge in [0.2, 0.25) is 0 Å². The Labute approximate surface area is 206 Å². The number of nitrogens with zero attached hydrogens (tertiary/aromatic N) is 3. The number of halogens is 6. The molecule has 0 aliphatic carbocycles. The van der Waals surface area contributed by atoms with Gasteiger partial charge in [-0.05, 0) is 55.5 Å². The lowest BCUT2D eigenvalue weighted by Gasteiger charge is -2.16. The second kappa shape index (κ2) is 9.91. The highest BCUT2D eigenvalue weighted by Gasteiger charge is 2.32. The Morgan fingerprint density at radius 2 is 1.46 bits per heavy atom. The molecule has 0 aliphatic rings. The van der Waals surface area contributed by atoms with E-state index in [1.807, 2.05) is 6.92 Å². The molecule has 0 radical (unpaired) electrons. The summed E-state index contributed by atoms with van der Waals surface area (Å²) in [6, 6.07) is 11.1. The van der Waals surface area contributed by atoms with E-state index in [0.717, 1.165) is 30.0 Å². The highest BCUT2D eigenvalue weighted by molar-refractivity contribution is 5.66. The number of alkyl halides is 6. The second-order valence-corrected chi connectivity index (χ2v) is 7.76. The van der Waals surface area contributed by atoms with Crippen molar-refractivity contribution in [3.8, 4) is 17.2 Å². The summed E-state index contributed by atoms with van der Waals surface area (Å²) in [7, 11) is 1.46. The third-order valence-corrected chi connectivity index (χ3v) is 4.95. The summed E-state index contributed by atoms with van der Waals surface area (Å²) >= 11 is 0. The van der Waals surface area contributed by atoms with E-state index in [1.54, 1.807) is 35.3 Å². The van der Waals surface area contributed by atoms with E-state index in [2.05, 4.69) is 25.3 Å². The molecule has 194 valence electrons. The Balaban J connectivity index is 1.60. The van der Waals surface area contributed by atoms with Crippen molar-refractivity contribution >= 4 is 23.0 Å². The number of benzene rings is 2. The van der Waals surface area contributed by atoms with Gasteiger partial charge in [0.05, 0.1) is 30.4 Å². The van der Waals surface area contributed by atoms with Gasteiger partial charge in [0.25, 0.3) is 0 Å². The molecule has 13 heteroatoms. The van der Waals surface area contributed by atoms with Crippen LogP contribution < -0.4 is 20.1 Å². The SMILES string of the molecule is COc1cc(Nc2cc(C(F)(F)F)cc(Nc3ccc(OC(F)(F)F)cc3)n2)ccc1-n1cnc(C)c1. The van der Waals surface area contributed by atoms with Gasteiger partial charge < -0.3 is 24.7 Å². The molecule has 2 heterocycles. The summed E-state index contributed by atoms with van der Waals surface area (Å²) < 4.78 is 88.7. The summed E-state index contributed by atoms with van der Waals surface area (Å²) in [6.07, 6.45) is -6.15. The summed E-state index contributed by atoms with van der Waals surface area (Å²) in [5, 5.41) is 5.50. The van der Waals surface area contributed by atoms with E-state index in [1.165, 1.54) is 19.2 Å². The molecule has 2 aromatic carbocycles. The number of anilines is 4.